The molecule has 0 atom stereocenters. The van der Waals surface area contributed by atoms with Crippen molar-refractivity contribution >= 4 is 23.2 Å². The minimum Gasteiger partial charge on any atom is -0.497 e. The third-order valence-electron chi connectivity index (χ3n) is 4.10. The number of ether oxygens (including phenoxy) is 1. The van der Waals surface area contributed by atoms with Crippen molar-refractivity contribution in [3.8, 4) is 5.75 Å². The molecule has 0 radical (unpaired) electrons. The van der Waals surface area contributed by atoms with Gasteiger partial charge in [-0.2, -0.15) is 5.10 Å². The molecule has 0 aliphatic heterocycles. The van der Waals surface area contributed by atoms with Crippen molar-refractivity contribution < 1.29 is 14.3 Å². The molecular weight excluding hydrogens is 356 g/mol. The van der Waals surface area contributed by atoms with Gasteiger partial charge in [-0.3, -0.25) is 14.3 Å². The van der Waals surface area contributed by atoms with Gasteiger partial charge in [0.05, 0.1) is 24.6 Å². The molecule has 1 heterocycles. The highest BCUT2D eigenvalue weighted by molar-refractivity contribution is 6.10. The fourth-order valence-corrected chi connectivity index (χ4v) is 2.71. The Labute approximate surface area is 163 Å². The third-order valence-corrected chi connectivity index (χ3v) is 4.10. The number of nitrogens with zero attached hydrogens (tertiary/aromatic N) is 2. The second kappa shape index (κ2) is 8.85. The van der Waals surface area contributed by atoms with E-state index in [4.69, 9.17) is 4.74 Å². The lowest BCUT2D eigenvalue weighted by atomic mass is 10.1. The summed E-state index contributed by atoms with van der Waals surface area (Å²) in [6, 6.07) is 14.0. The Morgan fingerprint density at radius 1 is 1.11 bits per heavy atom. The summed E-state index contributed by atoms with van der Waals surface area (Å²) in [6.45, 7) is 2.42. The van der Waals surface area contributed by atoms with Crippen molar-refractivity contribution in [2.45, 2.75) is 19.9 Å². The minimum absolute atomic E-state index is 0.185. The lowest BCUT2D eigenvalue weighted by Gasteiger charge is -2.12. The van der Waals surface area contributed by atoms with E-state index in [9.17, 15) is 9.59 Å². The molecule has 0 spiro atoms. The molecule has 0 aliphatic rings. The van der Waals surface area contributed by atoms with E-state index in [-0.39, 0.29) is 18.2 Å². The molecule has 3 rings (SSSR count). The van der Waals surface area contributed by atoms with Crippen LogP contribution in [0.3, 0.4) is 0 Å². The molecule has 3 aromatic rings. The molecule has 0 bridgehead atoms. The van der Waals surface area contributed by atoms with Crippen LogP contribution < -0.4 is 15.4 Å². The van der Waals surface area contributed by atoms with Crippen LogP contribution >= 0.6 is 0 Å². The number of methoxy groups -OCH3 is 1. The van der Waals surface area contributed by atoms with Gasteiger partial charge < -0.3 is 15.4 Å². The second-order valence-electron chi connectivity index (χ2n) is 6.31. The van der Waals surface area contributed by atoms with Crippen LogP contribution in [0, 0.1) is 6.92 Å². The van der Waals surface area contributed by atoms with E-state index < -0.39 is 0 Å². The van der Waals surface area contributed by atoms with Crippen LogP contribution in [0.15, 0.2) is 60.9 Å². The smallest absolute Gasteiger partial charge is 0.257 e. The summed E-state index contributed by atoms with van der Waals surface area (Å²) in [5, 5.41) is 9.80. The molecule has 28 heavy (non-hydrogen) atoms. The number of hydrogen-bond acceptors (Lipinski definition) is 4. The SMILES string of the molecule is COc1cccc(NC(=O)c2ccccc2NC(=O)CCn2cc(C)cn2)c1. The Bertz CT molecular complexity index is 981. The Kier molecular flexibility index (Phi) is 6.06. The first-order valence-electron chi connectivity index (χ1n) is 8.88. The summed E-state index contributed by atoms with van der Waals surface area (Å²) in [4.78, 5) is 25.0. The van der Waals surface area contributed by atoms with Gasteiger partial charge in [0.15, 0.2) is 0 Å². The van der Waals surface area contributed by atoms with Gasteiger partial charge in [0.1, 0.15) is 5.75 Å². The molecule has 0 unspecified atom stereocenters. The Hall–Kier alpha value is -3.61. The summed E-state index contributed by atoms with van der Waals surface area (Å²) in [5.41, 5.74) is 2.50. The molecular formula is C21H22N4O3. The van der Waals surface area contributed by atoms with Gasteiger partial charge in [-0.1, -0.05) is 18.2 Å². The van der Waals surface area contributed by atoms with E-state index in [1.165, 1.54) is 0 Å². The zero-order chi connectivity index (χ0) is 19.9. The number of nitrogens with one attached hydrogen (secondary N) is 2. The number of amides is 2. The van der Waals surface area contributed by atoms with Gasteiger partial charge in [0, 0.05) is 30.9 Å². The predicted molar refractivity (Wildman–Crippen MR) is 108 cm³/mol. The minimum atomic E-state index is -0.313. The maximum Gasteiger partial charge on any atom is 0.257 e. The number of carbonyl (C=O) groups is 2. The van der Waals surface area contributed by atoms with E-state index in [0.717, 1.165) is 5.56 Å². The topological polar surface area (TPSA) is 85.3 Å². The summed E-state index contributed by atoms with van der Waals surface area (Å²) in [7, 11) is 1.57. The zero-order valence-corrected chi connectivity index (χ0v) is 15.8. The molecule has 7 nitrogen and oxygen atoms in total. The van der Waals surface area contributed by atoms with E-state index in [1.807, 2.05) is 13.1 Å². The number of benzene rings is 2. The molecule has 2 N–H and O–H groups in total. The number of hydrogen-bond donors (Lipinski definition) is 2. The summed E-state index contributed by atoms with van der Waals surface area (Å²) < 4.78 is 6.89. The first-order valence-corrected chi connectivity index (χ1v) is 8.88. The molecule has 144 valence electrons. The number of rotatable bonds is 7. The maximum atomic E-state index is 12.7. The highest BCUT2D eigenvalue weighted by atomic mass is 16.5. The quantitative estimate of drug-likeness (QED) is 0.659. The number of aromatic nitrogens is 2. The van der Waals surface area contributed by atoms with Crippen molar-refractivity contribution in [2.24, 2.45) is 0 Å². The van der Waals surface area contributed by atoms with E-state index in [2.05, 4.69) is 15.7 Å². The van der Waals surface area contributed by atoms with Gasteiger partial charge in [-0.25, -0.2) is 0 Å². The van der Waals surface area contributed by atoms with Crippen LogP contribution in [0.5, 0.6) is 5.75 Å². The van der Waals surface area contributed by atoms with Crippen LogP contribution in [0.2, 0.25) is 0 Å². The number of carbonyl (C=O) groups excluding carboxylic acids is 2. The Balaban J connectivity index is 1.66. The lowest BCUT2D eigenvalue weighted by molar-refractivity contribution is -0.116. The highest BCUT2D eigenvalue weighted by Gasteiger charge is 2.14. The normalized spacial score (nSPS) is 10.4. The Morgan fingerprint density at radius 2 is 1.93 bits per heavy atom. The maximum absolute atomic E-state index is 12.7. The fourth-order valence-electron chi connectivity index (χ4n) is 2.71. The summed E-state index contributed by atoms with van der Waals surface area (Å²) in [6.07, 6.45) is 3.88. The van der Waals surface area contributed by atoms with Crippen molar-refractivity contribution in [3.63, 3.8) is 0 Å². The molecule has 1 aromatic heterocycles. The first-order chi connectivity index (χ1) is 13.5. The highest BCUT2D eigenvalue weighted by Crippen LogP contribution is 2.20. The standard InChI is InChI=1S/C21H22N4O3/c1-15-13-22-25(14-15)11-10-20(26)24-19-9-4-3-8-18(19)21(27)23-16-6-5-7-17(12-16)28-2/h3-9,12-14H,10-11H2,1-2H3,(H,23,27)(H,24,26). The molecule has 0 saturated carbocycles. The summed E-state index contributed by atoms with van der Waals surface area (Å²) in [5.74, 6) is 0.148. The van der Waals surface area contributed by atoms with Gasteiger partial charge >= 0.3 is 0 Å². The van der Waals surface area contributed by atoms with Gasteiger partial charge in [-0.15, -0.1) is 0 Å². The van der Waals surface area contributed by atoms with Crippen molar-refractivity contribution in [1.29, 1.82) is 0 Å². The molecule has 7 heteroatoms. The van der Waals surface area contributed by atoms with Gasteiger partial charge in [-0.05, 0) is 36.8 Å². The monoisotopic (exact) mass is 378 g/mol. The van der Waals surface area contributed by atoms with Crippen LogP contribution in [0.4, 0.5) is 11.4 Å². The van der Waals surface area contributed by atoms with Crippen LogP contribution in [-0.2, 0) is 11.3 Å². The van der Waals surface area contributed by atoms with Crippen molar-refractivity contribution in [2.75, 3.05) is 17.7 Å². The fraction of sp³-hybridized carbons (Fsp3) is 0.190. The number of para-hydroxylation sites is 1. The van der Waals surface area contributed by atoms with Crippen LogP contribution in [0.1, 0.15) is 22.3 Å². The lowest BCUT2D eigenvalue weighted by Crippen LogP contribution is -2.19. The Morgan fingerprint density at radius 3 is 2.68 bits per heavy atom. The van der Waals surface area contributed by atoms with Crippen molar-refractivity contribution in [3.05, 3.63) is 72.1 Å². The van der Waals surface area contributed by atoms with Crippen LogP contribution in [0.25, 0.3) is 0 Å². The average Bonchev–Trinajstić information content (AvgIpc) is 3.12. The van der Waals surface area contributed by atoms with E-state index in [1.54, 1.807) is 66.5 Å². The number of aryl methyl sites for hydroxylation is 2. The molecule has 0 fully saturated rings. The predicted octanol–water partition coefficient (Wildman–Crippen LogP) is 3.48. The molecule has 0 aliphatic carbocycles. The average molecular weight is 378 g/mol. The summed E-state index contributed by atoms with van der Waals surface area (Å²) >= 11 is 0. The molecule has 2 amide bonds. The van der Waals surface area contributed by atoms with Crippen molar-refractivity contribution in [1.82, 2.24) is 9.78 Å². The third kappa shape index (κ3) is 4.97. The molecule has 2 aromatic carbocycles. The zero-order valence-electron chi connectivity index (χ0n) is 15.8. The first kappa shape index (κ1) is 19.2. The largest absolute Gasteiger partial charge is 0.497 e. The van der Waals surface area contributed by atoms with Gasteiger partial charge in [0.2, 0.25) is 5.91 Å². The number of anilines is 2. The van der Waals surface area contributed by atoms with E-state index in [0.29, 0.717) is 29.2 Å². The van der Waals surface area contributed by atoms with Crippen LogP contribution in [-0.4, -0.2) is 28.7 Å². The second-order valence-corrected chi connectivity index (χ2v) is 6.31. The van der Waals surface area contributed by atoms with E-state index >= 15 is 0 Å². The van der Waals surface area contributed by atoms with Gasteiger partial charge in [0.25, 0.3) is 5.91 Å². The molecule has 0 saturated heterocycles.